The largest absolute Gasteiger partial charge is 0.480 e. The van der Waals surface area contributed by atoms with Gasteiger partial charge >= 0.3 is 5.97 Å². The van der Waals surface area contributed by atoms with Crippen molar-refractivity contribution in [1.29, 1.82) is 0 Å². The lowest BCUT2D eigenvalue weighted by Gasteiger charge is -2.39. The van der Waals surface area contributed by atoms with E-state index in [-0.39, 0.29) is 6.04 Å². The number of likely N-dealkylation sites (tertiary alicyclic amines) is 1. The van der Waals surface area contributed by atoms with E-state index in [0.29, 0.717) is 18.5 Å². The zero-order valence-electron chi connectivity index (χ0n) is 8.94. The van der Waals surface area contributed by atoms with Gasteiger partial charge < -0.3 is 10.8 Å². The van der Waals surface area contributed by atoms with Crippen LogP contribution in [0.2, 0.25) is 0 Å². The monoisotopic (exact) mass is 200 g/mol. The Bertz CT molecular complexity index is 208. The summed E-state index contributed by atoms with van der Waals surface area (Å²) in [5, 5.41) is 8.94. The van der Waals surface area contributed by atoms with E-state index in [1.165, 1.54) is 0 Å². The molecule has 3 N–H and O–H groups in total. The molecule has 3 atom stereocenters. The molecule has 4 nitrogen and oxygen atoms in total. The van der Waals surface area contributed by atoms with Gasteiger partial charge in [-0.1, -0.05) is 0 Å². The smallest absolute Gasteiger partial charge is 0.320 e. The molecular formula is C10H20N2O2. The Balaban J connectivity index is 2.60. The van der Waals surface area contributed by atoms with Crippen LogP contribution in [0.25, 0.3) is 0 Å². The molecule has 0 aliphatic carbocycles. The molecule has 0 aromatic rings. The van der Waals surface area contributed by atoms with Crippen molar-refractivity contribution >= 4 is 5.97 Å². The molecule has 4 heteroatoms. The van der Waals surface area contributed by atoms with Gasteiger partial charge in [0, 0.05) is 12.6 Å². The van der Waals surface area contributed by atoms with Gasteiger partial charge in [0.05, 0.1) is 0 Å². The Morgan fingerprint density at radius 1 is 1.64 bits per heavy atom. The minimum absolute atomic E-state index is 0.365. The second-order valence-corrected chi connectivity index (χ2v) is 4.24. The minimum atomic E-state index is -0.741. The average molecular weight is 200 g/mol. The fourth-order valence-corrected chi connectivity index (χ4v) is 2.09. The summed E-state index contributed by atoms with van der Waals surface area (Å²) in [6, 6.07) is -0.0248. The molecule has 0 amide bonds. The summed E-state index contributed by atoms with van der Waals surface area (Å²) >= 11 is 0. The highest BCUT2D eigenvalue weighted by Crippen LogP contribution is 2.23. The molecule has 1 saturated heterocycles. The van der Waals surface area contributed by atoms with E-state index in [2.05, 4.69) is 6.92 Å². The fraction of sp³-hybridized carbons (Fsp3) is 0.900. The molecule has 0 aromatic carbocycles. The second kappa shape index (κ2) is 4.75. The Morgan fingerprint density at radius 3 is 2.79 bits per heavy atom. The van der Waals surface area contributed by atoms with Crippen LogP contribution in [0.3, 0.4) is 0 Å². The van der Waals surface area contributed by atoms with E-state index in [0.717, 1.165) is 19.4 Å². The number of nitrogens with two attached hydrogens (primary N) is 1. The van der Waals surface area contributed by atoms with Gasteiger partial charge in [0.15, 0.2) is 0 Å². The van der Waals surface area contributed by atoms with Crippen molar-refractivity contribution in [2.75, 3.05) is 13.1 Å². The Kier molecular flexibility index (Phi) is 3.89. The molecule has 14 heavy (non-hydrogen) atoms. The topological polar surface area (TPSA) is 66.6 Å². The molecule has 0 spiro atoms. The molecule has 1 aliphatic heterocycles. The van der Waals surface area contributed by atoms with E-state index in [4.69, 9.17) is 10.8 Å². The number of nitrogens with zero attached hydrogens (tertiary/aromatic N) is 1. The van der Waals surface area contributed by atoms with E-state index in [1.54, 1.807) is 6.92 Å². The molecule has 0 bridgehead atoms. The number of aliphatic carboxylic acids is 1. The number of rotatable bonds is 3. The summed E-state index contributed by atoms with van der Waals surface area (Å²) in [5.41, 5.74) is 5.61. The SMILES string of the molecule is CC1CCC(CN)CN1C(C)C(=O)O. The number of carbonyl (C=O) groups is 1. The lowest BCUT2D eigenvalue weighted by Crippen LogP contribution is -2.50. The summed E-state index contributed by atoms with van der Waals surface area (Å²) < 4.78 is 0. The standard InChI is InChI=1S/C10H20N2O2/c1-7-3-4-9(5-11)6-12(7)8(2)10(13)14/h7-9H,3-6,11H2,1-2H3,(H,13,14). The highest BCUT2D eigenvalue weighted by Gasteiger charge is 2.30. The third-order valence-electron chi connectivity index (χ3n) is 3.22. The Morgan fingerprint density at radius 2 is 2.29 bits per heavy atom. The van der Waals surface area contributed by atoms with Crippen molar-refractivity contribution in [3.05, 3.63) is 0 Å². The summed E-state index contributed by atoms with van der Waals surface area (Å²) in [6.45, 7) is 5.32. The van der Waals surface area contributed by atoms with Gasteiger partial charge in [-0.3, -0.25) is 9.69 Å². The molecule has 0 aromatic heterocycles. The molecule has 1 aliphatic rings. The number of hydrogen-bond acceptors (Lipinski definition) is 3. The normalized spacial score (nSPS) is 31.4. The van der Waals surface area contributed by atoms with Crippen LogP contribution in [0.5, 0.6) is 0 Å². The maximum atomic E-state index is 10.9. The van der Waals surface area contributed by atoms with Crippen molar-refractivity contribution in [2.24, 2.45) is 11.7 Å². The van der Waals surface area contributed by atoms with Crippen LogP contribution in [-0.2, 0) is 4.79 Å². The first-order valence-corrected chi connectivity index (χ1v) is 5.24. The molecule has 1 rings (SSSR count). The molecule has 1 fully saturated rings. The quantitative estimate of drug-likeness (QED) is 0.697. The van der Waals surface area contributed by atoms with Crippen molar-refractivity contribution in [2.45, 2.75) is 38.8 Å². The van der Waals surface area contributed by atoms with Crippen LogP contribution < -0.4 is 5.73 Å². The maximum absolute atomic E-state index is 10.9. The number of hydrogen-bond donors (Lipinski definition) is 2. The van der Waals surface area contributed by atoms with Crippen LogP contribution in [0.1, 0.15) is 26.7 Å². The van der Waals surface area contributed by atoms with Gasteiger partial charge in [0.2, 0.25) is 0 Å². The first-order valence-electron chi connectivity index (χ1n) is 5.24. The summed E-state index contributed by atoms with van der Waals surface area (Å²) in [7, 11) is 0. The summed E-state index contributed by atoms with van der Waals surface area (Å²) in [5.74, 6) is -0.275. The predicted octanol–water partition coefficient (Wildman–Crippen LogP) is 0.519. The van der Waals surface area contributed by atoms with Gasteiger partial charge in [-0.2, -0.15) is 0 Å². The molecule has 0 radical (unpaired) electrons. The van der Waals surface area contributed by atoms with Gasteiger partial charge in [0.1, 0.15) is 6.04 Å². The van der Waals surface area contributed by atoms with E-state index in [1.807, 2.05) is 4.90 Å². The molecule has 1 heterocycles. The summed E-state index contributed by atoms with van der Waals surface area (Å²) in [6.07, 6.45) is 2.18. The first kappa shape index (κ1) is 11.5. The first-order chi connectivity index (χ1) is 6.56. The fourth-order valence-electron chi connectivity index (χ4n) is 2.09. The minimum Gasteiger partial charge on any atom is -0.480 e. The van der Waals surface area contributed by atoms with E-state index in [9.17, 15) is 4.79 Å². The van der Waals surface area contributed by atoms with Gasteiger partial charge in [-0.05, 0) is 39.2 Å². The molecular weight excluding hydrogens is 180 g/mol. The number of carboxylic acid groups (broad SMARTS) is 1. The lowest BCUT2D eigenvalue weighted by molar-refractivity contribution is -0.144. The highest BCUT2D eigenvalue weighted by atomic mass is 16.4. The predicted molar refractivity (Wildman–Crippen MR) is 55.0 cm³/mol. The van der Waals surface area contributed by atoms with E-state index < -0.39 is 5.97 Å². The third-order valence-corrected chi connectivity index (χ3v) is 3.22. The Labute approximate surface area is 85.1 Å². The average Bonchev–Trinajstić information content (AvgIpc) is 2.17. The van der Waals surface area contributed by atoms with Crippen molar-refractivity contribution in [1.82, 2.24) is 4.90 Å². The molecule has 82 valence electrons. The van der Waals surface area contributed by atoms with E-state index >= 15 is 0 Å². The highest BCUT2D eigenvalue weighted by molar-refractivity contribution is 5.72. The zero-order valence-corrected chi connectivity index (χ0v) is 8.94. The van der Waals surface area contributed by atoms with Crippen LogP contribution >= 0.6 is 0 Å². The van der Waals surface area contributed by atoms with Crippen molar-refractivity contribution < 1.29 is 9.90 Å². The van der Waals surface area contributed by atoms with Crippen LogP contribution in [0.15, 0.2) is 0 Å². The molecule has 0 saturated carbocycles. The number of carboxylic acids is 1. The second-order valence-electron chi connectivity index (χ2n) is 4.24. The van der Waals surface area contributed by atoms with Crippen LogP contribution in [-0.4, -0.2) is 41.1 Å². The third kappa shape index (κ3) is 2.45. The summed E-state index contributed by atoms with van der Waals surface area (Å²) in [4.78, 5) is 12.9. The van der Waals surface area contributed by atoms with Gasteiger partial charge in [-0.25, -0.2) is 0 Å². The van der Waals surface area contributed by atoms with Crippen molar-refractivity contribution in [3.63, 3.8) is 0 Å². The molecule has 3 unspecified atom stereocenters. The lowest BCUT2D eigenvalue weighted by atomic mass is 9.92. The zero-order chi connectivity index (χ0) is 10.7. The maximum Gasteiger partial charge on any atom is 0.320 e. The van der Waals surface area contributed by atoms with Gasteiger partial charge in [0.25, 0.3) is 0 Å². The Hall–Kier alpha value is -0.610. The van der Waals surface area contributed by atoms with Crippen molar-refractivity contribution in [3.8, 4) is 0 Å². The van der Waals surface area contributed by atoms with Gasteiger partial charge in [-0.15, -0.1) is 0 Å². The number of piperidine rings is 1. The van der Waals surface area contributed by atoms with Crippen LogP contribution in [0.4, 0.5) is 0 Å². The van der Waals surface area contributed by atoms with Crippen LogP contribution in [0, 0.1) is 5.92 Å².